The maximum absolute atomic E-state index is 12.1. The number of rotatable bonds is 5. The average molecular weight is 352 g/mol. The zero-order valence-corrected chi connectivity index (χ0v) is 15.1. The van der Waals surface area contributed by atoms with Crippen LogP contribution in [0.1, 0.15) is 27.8 Å². The van der Waals surface area contributed by atoms with Gasteiger partial charge in [0.05, 0.1) is 13.2 Å². The highest BCUT2D eigenvalue weighted by Crippen LogP contribution is 2.40. The number of aryl methyl sites for hydroxylation is 1. The first kappa shape index (κ1) is 16.8. The van der Waals surface area contributed by atoms with Crippen LogP contribution in [0.4, 0.5) is 4.79 Å². The van der Waals surface area contributed by atoms with E-state index < -0.39 is 0 Å². The number of hydrogen-bond donors (Lipinski definition) is 2. The first-order chi connectivity index (χ1) is 12.7. The molecule has 0 atom stereocenters. The van der Waals surface area contributed by atoms with Crippen molar-refractivity contribution in [2.45, 2.75) is 32.7 Å². The topological polar surface area (TPSA) is 59.6 Å². The van der Waals surface area contributed by atoms with Gasteiger partial charge in [0.1, 0.15) is 11.5 Å². The van der Waals surface area contributed by atoms with Crippen molar-refractivity contribution in [3.05, 3.63) is 58.1 Å². The monoisotopic (exact) mass is 352 g/mol. The predicted molar refractivity (Wildman–Crippen MR) is 100.0 cm³/mol. The lowest BCUT2D eigenvalue weighted by Crippen LogP contribution is -2.36. The van der Waals surface area contributed by atoms with Crippen LogP contribution < -0.4 is 20.1 Å². The summed E-state index contributed by atoms with van der Waals surface area (Å²) in [7, 11) is 0. The molecular formula is C21H24N2O3. The minimum atomic E-state index is -0.144. The minimum Gasteiger partial charge on any atom is -0.493 e. The molecule has 2 heterocycles. The van der Waals surface area contributed by atoms with Gasteiger partial charge in [-0.2, -0.15) is 0 Å². The van der Waals surface area contributed by atoms with Gasteiger partial charge in [0.2, 0.25) is 0 Å². The van der Waals surface area contributed by atoms with Gasteiger partial charge in [-0.25, -0.2) is 4.79 Å². The van der Waals surface area contributed by atoms with Gasteiger partial charge in [-0.3, -0.25) is 0 Å². The molecule has 0 fully saturated rings. The molecule has 0 saturated carbocycles. The van der Waals surface area contributed by atoms with E-state index in [2.05, 4.69) is 16.7 Å². The molecule has 2 amide bonds. The Labute approximate surface area is 153 Å². The van der Waals surface area contributed by atoms with Gasteiger partial charge < -0.3 is 20.1 Å². The summed E-state index contributed by atoms with van der Waals surface area (Å²) in [6, 6.07) is 10.0. The molecule has 0 aromatic heterocycles. The molecule has 2 aromatic carbocycles. The first-order valence-electron chi connectivity index (χ1n) is 9.22. The fraction of sp³-hybridized carbons (Fsp3) is 0.381. The lowest BCUT2D eigenvalue weighted by molar-refractivity contribution is 0.240. The molecule has 26 heavy (non-hydrogen) atoms. The number of carbonyl (C=O) groups excluding carboxylic acids is 1. The van der Waals surface area contributed by atoms with Crippen LogP contribution in [0.3, 0.4) is 0 Å². The van der Waals surface area contributed by atoms with Gasteiger partial charge in [0, 0.05) is 42.6 Å². The van der Waals surface area contributed by atoms with Crippen LogP contribution in [0, 0.1) is 6.92 Å². The third kappa shape index (κ3) is 3.34. The lowest BCUT2D eigenvalue weighted by Gasteiger charge is -2.14. The summed E-state index contributed by atoms with van der Waals surface area (Å²) in [6.45, 7) is 4.62. The Morgan fingerprint density at radius 2 is 1.96 bits per heavy atom. The molecule has 4 rings (SSSR count). The minimum absolute atomic E-state index is 0.144. The molecular weight excluding hydrogens is 328 g/mol. The molecule has 0 unspecified atom stereocenters. The molecule has 0 spiro atoms. The molecule has 0 aliphatic carbocycles. The van der Waals surface area contributed by atoms with E-state index in [1.807, 2.05) is 31.2 Å². The van der Waals surface area contributed by atoms with Crippen molar-refractivity contribution >= 4 is 6.03 Å². The van der Waals surface area contributed by atoms with E-state index in [4.69, 9.17) is 9.47 Å². The number of carbonyl (C=O) groups is 1. The molecule has 0 radical (unpaired) electrons. The summed E-state index contributed by atoms with van der Waals surface area (Å²) in [5.74, 6) is 2.00. The van der Waals surface area contributed by atoms with Crippen LogP contribution in [0.5, 0.6) is 11.5 Å². The molecule has 2 aliphatic rings. The molecule has 2 aliphatic heterocycles. The van der Waals surface area contributed by atoms with Crippen molar-refractivity contribution in [2.75, 3.05) is 19.8 Å². The van der Waals surface area contributed by atoms with Gasteiger partial charge in [-0.05, 0) is 30.5 Å². The van der Waals surface area contributed by atoms with E-state index in [1.54, 1.807) is 0 Å². The maximum atomic E-state index is 12.1. The van der Waals surface area contributed by atoms with E-state index in [0.29, 0.717) is 13.1 Å². The number of ether oxygens (including phenoxy) is 2. The van der Waals surface area contributed by atoms with Gasteiger partial charge >= 0.3 is 6.03 Å². The second kappa shape index (κ2) is 7.28. The van der Waals surface area contributed by atoms with Gasteiger partial charge in [0.15, 0.2) is 0 Å². The zero-order valence-electron chi connectivity index (χ0n) is 15.1. The normalized spacial score (nSPS) is 14.2. The van der Waals surface area contributed by atoms with Gasteiger partial charge in [-0.15, -0.1) is 0 Å². The largest absolute Gasteiger partial charge is 0.493 e. The summed E-state index contributed by atoms with van der Waals surface area (Å²) in [5.41, 5.74) is 5.98. The van der Waals surface area contributed by atoms with E-state index >= 15 is 0 Å². The molecule has 136 valence electrons. The number of urea groups is 1. The number of hydrogen-bond acceptors (Lipinski definition) is 3. The zero-order chi connectivity index (χ0) is 17.9. The molecule has 0 saturated heterocycles. The lowest BCUT2D eigenvalue weighted by atomic mass is 9.97. The molecule has 5 nitrogen and oxygen atoms in total. The Balaban J connectivity index is 1.34. The van der Waals surface area contributed by atoms with Crippen LogP contribution >= 0.6 is 0 Å². The second-order valence-electron chi connectivity index (χ2n) is 6.80. The first-order valence-corrected chi connectivity index (χ1v) is 9.22. The van der Waals surface area contributed by atoms with Gasteiger partial charge in [0.25, 0.3) is 0 Å². The van der Waals surface area contributed by atoms with E-state index in [0.717, 1.165) is 49.5 Å². The quantitative estimate of drug-likeness (QED) is 0.870. The Morgan fingerprint density at radius 1 is 1.12 bits per heavy atom. The fourth-order valence-corrected chi connectivity index (χ4v) is 3.70. The van der Waals surface area contributed by atoms with E-state index in [-0.39, 0.29) is 6.03 Å². The number of benzene rings is 2. The Morgan fingerprint density at radius 3 is 2.85 bits per heavy atom. The Bertz CT molecular complexity index is 800. The van der Waals surface area contributed by atoms with Crippen LogP contribution in [-0.2, 0) is 25.8 Å². The molecule has 2 N–H and O–H groups in total. The molecule has 2 aromatic rings. The number of fused-ring (bicyclic) bond motifs is 2. The van der Waals surface area contributed by atoms with Crippen molar-refractivity contribution in [1.29, 1.82) is 0 Å². The van der Waals surface area contributed by atoms with Crippen molar-refractivity contribution in [1.82, 2.24) is 10.6 Å². The Kier molecular flexibility index (Phi) is 4.69. The highest BCUT2D eigenvalue weighted by atomic mass is 16.5. The summed E-state index contributed by atoms with van der Waals surface area (Å²) in [4.78, 5) is 12.1. The third-order valence-electron chi connectivity index (χ3n) is 5.12. The van der Waals surface area contributed by atoms with E-state index in [9.17, 15) is 4.79 Å². The second-order valence-corrected chi connectivity index (χ2v) is 6.80. The summed E-state index contributed by atoms with van der Waals surface area (Å²) >= 11 is 0. The Hall–Kier alpha value is -2.69. The van der Waals surface area contributed by atoms with Crippen LogP contribution in [0.2, 0.25) is 0 Å². The van der Waals surface area contributed by atoms with Crippen LogP contribution in [0.15, 0.2) is 30.3 Å². The highest BCUT2D eigenvalue weighted by Gasteiger charge is 2.26. The number of nitrogens with one attached hydrogen (secondary N) is 2. The smallest absolute Gasteiger partial charge is 0.315 e. The molecule has 0 bridgehead atoms. The maximum Gasteiger partial charge on any atom is 0.315 e. The summed E-state index contributed by atoms with van der Waals surface area (Å²) in [5, 5.41) is 5.88. The van der Waals surface area contributed by atoms with Crippen molar-refractivity contribution in [3.8, 4) is 11.5 Å². The summed E-state index contributed by atoms with van der Waals surface area (Å²) < 4.78 is 11.6. The average Bonchev–Trinajstić information content (AvgIpc) is 3.29. The van der Waals surface area contributed by atoms with Crippen LogP contribution in [-0.4, -0.2) is 25.8 Å². The SMILES string of the molecule is Cc1ccccc1CNC(=O)NCCc1c2c(cc3c1OCC3)OCC2. The van der Waals surface area contributed by atoms with Crippen molar-refractivity contribution in [3.63, 3.8) is 0 Å². The standard InChI is InChI=1S/C21H24N2O3/c1-14-4-2-3-5-16(14)13-23-21(24)22-9-6-18-17-8-11-25-19(17)12-15-7-10-26-20(15)18/h2-5,12H,6-11,13H2,1H3,(H2,22,23,24). The fourth-order valence-electron chi connectivity index (χ4n) is 3.70. The van der Waals surface area contributed by atoms with Crippen molar-refractivity contribution in [2.24, 2.45) is 0 Å². The summed E-state index contributed by atoms with van der Waals surface area (Å²) in [6.07, 6.45) is 2.61. The van der Waals surface area contributed by atoms with Crippen molar-refractivity contribution < 1.29 is 14.3 Å². The van der Waals surface area contributed by atoms with Crippen LogP contribution in [0.25, 0.3) is 0 Å². The molecule has 5 heteroatoms. The highest BCUT2D eigenvalue weighted by molar-refractivity contribution is 5.74. The third-order valence-corrected chi connectivity index (χ3v) is 5.12. The van der Waals surface area contributed by atoms with E-state index in [1.165, 1.54) is 22.3 Å². The number of amides is 2. The predicted octanol–water partition coefficient (Wildman–Crippen LogP) is 2.91. The van der Waals surface area contributed by atoms with Gasteiger partial charge in [-0.1, -0.05) is 24.3 Å².